The van der Waals surface area contributed by atoms with Gasteiger partial charge >= 0.3 is 8.56 Å². The molecule has 0 aromatic rings. The fourth-order valence-electron chi connectivity index (χ4n) is 1.85. The molecule has 0 fully saturated rings. The lowest BCUT2D eigenvalue weighted by molar-refractivity contribution is 0.0628. The van der Waals surface area contributed by atoms with E-state index in [2.05, 4.69) is 4.99 Å². The van der Waals surface area contributed by atoms with Gasteiger partial charge in [0.25, 0.3) is 0 Å². The first kappa shape index (κ1) is 16.4. The first-order valence-electron chi connectivity index (χ1n) is 6.07. The number of nitrogens with zero attached hydrogens (tertiary/aromatic N) is 1. The highest BCUT2D eigenvalue weighted by Gasteiger charge is 2.43. The van der Waals surface area contributed by atoms with E-state index in [0.29, 0.717) is 6.61 Å². The van der Waals surface area contributed by atoms with E-state index in [9.17, 15) is 0 Å². The highest BCUT2D eigenvalue weighted by atomic mass is 28.4. The highest BCUT2D eigenvalue weighted by Crippen LogP contribution is 2.24. The molecule has 0 aromatic carbocycles. The fourth-order valence-corrected chi connectivity index (χ4v) is 5.15. The van der Waals surface area contributed by atoms with Crippen LogP contribution in [0.2, 0.25) is 6.55 Å². The summed E-state index contributed by atoms with van der Waals surface area (Å²) >= 11 is 0. The van der Waals surface area contributed by atoms with Crippen molar-refractivity contribution in [1.82, 2.24) is 0 Å². The molecule has 0 heterocycles. The van der Waals surface area contributed by atoms with Crippen molar-refractivity contribution in [2.45, 2.75) is 58.9 Å². The Hall–Kier alpha value is -0.593. The van der Waals surface area contributed by atoms with Crippen molar-refractivity contribution >= 4 is 14.5 Å². The Bertz CT molecular complexity index is 262. The van der Waals surface area contributed by atoms with Gasteiger partial charge in [-0.05, 0) is 40.7 Å². The van der Waals surface area contributed by atoms with Gasteiger partial charge in [0.2, 0.25) is 0 Å². The standard InChI is InChI=1S/C11H27N3O2Si/c1-7-9(14-10(12)13)17(6,15-8-2)16-11(3,4)5/h9H,7-8H2,1-6H3,(H4,12,13,14). The first-order valence-corrected chi connectivity index (χ1v) is 8.47. The van der Waals surface area contributed by atoms with Crippen LogP contribution in [-0.2, 0) is 8.85 Å². The molecule has 0 radical (unpaired) electrons. The Morgan fingerprint density at radius 3 is 2.12 bits per heavy atom. The Labute approximate surface area is 106 Å². The van der Waals surface area contributed by atoms with E-state index >= 15 is 0 Å². The van der Waals surface area contributed by atoms with Crippen LogP contribution in [0.4, 0.5) is 0 Å². The number of guanidine groups is 1. The molecule has 0 aromatic heterocycles. The van der Waals surface area contributed by atoms with E-state index < -0.39 is 8.56 Å². The second-order valence-electron chi connectivity index (χ2n) is 5.14. The molecule has 102 valence electrons. The van der Waals surface area contributed by atoms with Gasteiger partial charge in [-0.1, -0.05) is 6.92 Å². The molecule has 0 rings (SSSR count). The second kappa shape index (κ2) is 6.37. The molecule has 2 atom stereocenters. The average molecular weight is 261 g/mol. The first-order chi connectivity index (χ1) is 7.64. The van der Waals surface area contributed by atoms with Crippen LogP contribution in [0, 0.1) is 0 Å². The number of hydrogen-bond acceptors (Lipinski definition) is 3. The van der Waals surface area contributed by atoms with Crippen LogP contribution in [0.3, 0.4) is 0 Å². The molecule has 0 saturated heterocycles. The molecule has 0 bridgehead atoms. The van der Waals surface area contributed by atoms with Crippen LogP contribution in [0.25, 0.3) is 0 Å². The highest BCUT2D eigenvalue weighted by molar-refractivity contribution is 6.68. The van der Waals surface area contributed by atoms with Crippen molar-refractivity contribution in [1.29, 1.82) is 0 Å². The van der Waals surface area contributed by atoms with E-state index in [1.807, 2.05) is 41.2 Å². The lowest BCUT2D eigenvalue weighted by Gasteiger charge is -2.37. The number of hydrogen-bond donors (Lipinski definition) is 2. The molecule has 6 heteroatoms. The molecule has 0 aliphatic heterocycles. The third-order valence-electron chi connectivity index (χ3n) is 2.24. The molecule has 5 nitrogen and oxygen atoms in total. The Kier molecular flexibility index (Phi) is 6.15. The third-order valence-corrected chi connectivity index (χ3v) is 5.86. The van der Waals surface area contributed by atoms with Gasteiger partial charge in [-0.25, -0.2) is 4.99 Å². The molecule has 0 amide bonds. The van der Waals surface area contributed by atoms with Crippen LogP contribution in [0.1, 0.15) is 41.0 Å². The summed E-state index contributed by atoms with van der Waals surface area (Å²) in [6, 6.07) is 0. The summed E-state index contributed by atoms with van der Waals surface area (Å²) in [5.41, 5.74) is 10.6. The van der Waals surface area contributed by atoms with Crippen molar-refractivity contribution in [3.8, 4) is 0 Å². The molecule has 4 N–H and O–H groups in total. The number of rotatable bonds is 6. The largest absolute Gasteiger partial charge is 0.393 e. The Morgan fingerprint density at radius 2 is 1.82 bits per heavy atom. The lowest BCUT2D eigenvalue weighted by Crippen LogP contribution is -2.54. The van der Waals surface area contributed by atoms with Crippen molar-refractivity contribution in [3.05, 3.63) is 0 Å². The minimum atomic E-state index is -2.42. The monoisotopic (exact) mass is 261 g/mol. The average Bonchev–Trinajstić information content (AvgIpc) is 2.10. The maximum Gasteiger partial charge on any atom is 0.360 e. The zero-order valence-electron chi connectivity index (χ0n) is 11.9. The predicted molar refractivity (Wildman–Crippen MR) is 74.0 cm³/mol. The van der Waals surface area contributed by atoms with E-state index in [-0.39, 0.29) is 17.2 Å². The van der Waals surface area contributed by atoms with Gasteiger partial charge in [0.05, 0.1) is 11.3 Å². The zero-order valence-corrected chi connectivity index (χ0v) is 12.9. The summed E-state index contributed by atoms with van der Waals surface area (Å²) < 4.78 is 12.0. The van der Waals surface area contributed by atoms with Crippen LogP contribution in [0.5, 0.6) is 0 Å². The SMILES string of the molecule is CCO[Si](C)(OC(C)(C)C)C(CC)N=C(N)N. The minimum Gasteiger partial charge on any atom is -0.393 e. The van der Waals surface area contributed by atoms with Crippen molar-refractivity contribution in [2.24, 2.45) is 16.5 Å². The molecule has 0 aliphatic rings. The predicted octanol–water partition coefficient (Wildman–Crippen LogP) is 1.50. The third kappa shape index (κ3) is 6.04. The van der Waals surface area contributed by atoms with Gasteiger partial charge in [-0.3, -0.25) is 0 Å². The van der Waals surface area contributed by atoms with Crippen LogP contribution in [-0.4, -0.2) is 32.4 Å². The number of nitrogens with two attached hydrogens (primary N) is 2. The van der Waals surface area contributed by atoms with Gasteiger partial charge < -0.3 is 20.3 Å². The summed E-state index contributed by atoms with van der Waals surface area (Å²) in [5.74, 6) is 0.0905. The van der Waals surface area contributed by atoms with E-state index in [1.165, 1.54) is 0 Å². The summed E-state index contributed by atoms with van der Waals surface area (Å²) in [7, 11) is -2.42. The molecule has 0 spiro atoms. The van der Waals surface area contributed by atoms with Gasteiger partial charge in [-0.2, -0.15) is 0 Å². The molecule has 0 aliphatic carbocycles. The van der Waals surface area contributed by atoms with Gasteiger partial charge in [0.15, 0.2) is 5.96 Å². The maximum absolute atomic E-state index is 6.12. The van der Waals surface area contributed by atoms with Crippen LogP contribution < -0.4 is 11.5 Å². The van der Waals surface area contributed by atoms with Gasteiger partial charge in [0, 0.05) is 6.61 Å². The smallest absolute Gasteiger partial charge is 0.360 e. The summed E-state index contributed by atoms with van der Waals surface area (Å²) in [6.07, 6.45) is 0.802. The van der Waals surface area contributed by atoms with E-state index in [0.717, 1.165) is 6.42 Å². The van der Waals surface area contributed by atoms with E-state index in [4.69, 9.17) is 20.3 Å². The van der Waals surface area contributed by atoms with Crippen LogP contribution in [0.15, 0.2) is 4.99 Å². The molecule has 0 saturated carbocycles. The topological polar surface area (TPSA) is 82.9 Å². The summed E-state index contributed by atoms with van der Waals surface area (Å²) in [4.78, 5) is 4.25. The maximum atomic E-state index is 6.12. The van der Waals surface area contributed by atoms with Crippen molar-refractivity contribution in [2.75, 3.05) is 6.61 Å². The Balaban J connectivity index is 5.08. The molecular formula is C11H27N3O2Si. The van der Waals surface area contributed by atoms with Crippen molar-refractivity contribution < 1.29 is 8.85 Å². The summed E-state index contributed by atoms with van der Waals surface area (Å²) in [5, 5.41) is 0. The Morgan fingerprint density at radius 1 is 1.29 bits per heavy atom. The summed E-state index contributed by atoms with van der Waals surface area (Å²) in [6.45, 7) is 12.7. The zero-order chi connectivity index (χ0) is 13.7. The lowest BCUT2D eigenvalue weighted by atomic mass is 10.2. The second-order valence-corrected chi connectivity index (χ2v) is 8.33. The van der Waals surface area contributed by atoms with E-state index in [1.54, 1.807) is 0 Å². The minimum absolute atomic E-state index is 0.0772. The molecule has 2 unspecified atom stereocenters. The van der Waals surface area contributed by atoms with Gasteiger partial charge in [0.1, 0.15) is 0 Å². The van der Waals surface area contributed by atoms with Crippen molar-refractivity contribution in [3.63, 3.8) is 0 Å². The molecule has 17 heavy (non-hydrogen) atoms. The molecular weight excluding hydrogens is 234 g/mol. The van der Waals surface area contributed by atoms with Gasteiger partial charge in [-0.15, -0.1) is 0 Å². The fraction of sp³-hybridized carbons (Fsp3) is 0.909. The van der Waals surface area contributed by atoms with Crippen LogP contribution >= 0.6 is 0 Å². The quantitative estimate of drug-likeness (QED) is 0.431. The normalized spacial score (nSPS) is 17.3. The number of aliphatic imine (C=N–C) groups is 1.